The summed E-state index contributed by atoms with van der Waals surface area (Å²) >= 11 is 0. The number of hydrogen-bond donors (Lipinski definition) is 2. The Balaban J connectivity index is 1.71. The predicted molar refractivity (Wildman–Crippen MR) is 104 cm³/mol. The van der Waals surface area contributed by atoms with Gasteiger partial charge in [-0.1, -0.05) is 24.3 Å². The van der Waals surface area contributed by atoms with Crippen LogP contribution in [0.3, 0.4) is 0 Å². The van der Waals surface area contributed by atoms with Gasteiger partial charge < -0.3 is 21.1 Å². The minimum absolute atomic E-state index is 0.101. The summed E-state index contributed by atoms with van der Waals surface area (Å²) in [5, 5.41) is 0. The van der Waals surface area contributed by atoms with Crippen molar-refractivity contribution in [1.82, 2.24) is 4.90 Å². The molecule has 0 bridgehead atoms. The second kappa shape index (κ2) is 8.56. The number of ether oxygens (including phenoxy) is 1. The van der Waals surface area contributed by atoms with Gasteiger partial charge in [-0.25, -0.2) is 0 Å². The molecule has 2 aromatic carbocycles. The first-order chi connectivity index (χ1) is 13.4. The van der Waals surface area contributed by atoms with E-state index in [1.54, 1.807) is 23.1 Å². The maximum atomic E-state index is 12.7. The van der Waals surface area contributed by atoms with Crippen molar-refractivity contribution in [2.45, 2.75) is 12.8 Å². The molecular weight excluding hydrogens is 358 g/mol. The summed E-state index contributed by atoms with van der Waals surface area (Å²) in [5.41, 5.74) is 12.9. The van der Waals surface area contributed by atoms with Crippen LogP contribution in [0.2, 0.25) is 0 Å². The SMILES string of the molecule is NC(=O)COc1cccc(-c2ccc(C(=O)N3CCC[C@H](C(N)=O)C3)cc2)c1. The molecule has 0 aliphatic carbocycles. The highest BCUT2D eigenvalue weighted by Crippen LogP contribution is 2.25. The van der Waals surface area contributed by atoms with E-state index in [0.717, 1.165) is 24.0 Å². The van der Waals surface area contributed by atoms with Gasteiger partial charge in [-0.05, 0) is 48.2 Å². The van der Waals surface area contributed by atoms with Gasteiger partial charge in [0.2, 0.25) is 5.91 Å². The first-order valence-electron chi connectivity index (χ1n) is 9.14. The number of hydrogen-bond acceptors (Lipinski definition) is 4. The Morgan fingerprint density at radius 2 is 1.79 bits per heavy atom. The van der Waals surface area contributed by atoms with Gasteiger partial charge >= 0.3 is 0 Å². The lowest BCUT2D eigenvalue weighted by Gasteiger charge is -2.31. The average molecular weight is 381 g/mol. The van der Waals surface area contributed by atoms with Crippen LogP contribution in [0.25, 0.3) is 11.1 Å². The zero-order valence-electron chi connectivity index (χ0n) is 15.5. The average Bonchev–Trinajstić information content (AvgIpc) is 2.72. The third-order valence-corrected chi connectivity index (χ3v) is 4.79. The molecule has 1 aliphatic heterocycles. The molecule has 2 aromatic rings. The molecule has 0 aromatic heterocycles. The van der Waals surface area contributed by atoms with Gasteiger partial charge in [0.25, 0.3) is 11.8 Å². The third kappa shape index (κ3) is 4.68. The van der Waals surface area contributed by atoms with Crippen LogP contribution in [0.1, 0.15) is 23.2 Å². The predicted octanol–water partition coefficient (Wildman–Crippen LogP) is 1.56. The summed E-state index contributed by atoms with van der Waals surface area (Å²) in [6.07, 6.45) is 1.50. The molecule has 28 heavy (non-hydrogen) atoms. The van der Waals surface area contributed by atoms with E-state index >= 15 is 0 Å². The van der Waals surface area contributed by atoms with Gasteiger partial charge in [-0.15, -0.1) is 0 Å². The summed E-state index contributed by atoms with van der Waals surface area (Å²) < 4.78 is 5.33. The van der Waals surface area contributed by atoms with Crippen molar-refractivity contribution in [2.24, 2.45) is 17.4 Å². The summed E-state index contributed by atoms with van der Waals surface area (Å²) in [7, 11) is 0. The maximum absolute atomic E-state index is 12.7. The van der Waals surface area contributed by atoms with E-state index in [4.69, 9.17) is 16.2 Å². The second-order valence-electron chi connectivity index (χ2n) is 6.85. The monoisotopic (exact) mass is 381 g/mol. The van der Waals surface area contributed by atoms with Crippen LogP contribution >= 0.6 is 0 Å². The lowest BCUT2D eigenvalue weighted by molar-refractivity contribution is -0.123. The van der Waals surface area contributed by atoms with E-state index in [-0.39, 0.29) is 24.3 Å². The Hall–Kier alpha value is -3.35. The minimum atomic E-state index is -0.537. The first kappa shape index (κ1) is 19.4. The van der Waals surface area contributed by atoms with Gasteiger partial charge in [-0.3, -0.25) is 14.4 Å². The molecular formula is C21H23N3O4. The number of benzene rings is 2. The number of piperidine rings is 1. The van der Waals surface area contributed by atoms with Crippen LogP contribution < -0.4 is 16.2 Å². The van der Waals surface area contributed by atoms with Crippen LogP contribution in [-0.4, -0.2) is 42.3 Å². The zero-order valence-corrected chi connectivity index (χ0v) is 15.5. The summed E-state index contributed by atoms with van der Waals surface area (Å²) in [6, 6.07) is 14.5. The van der Waals surface area contributed by atoms with Crippen molar-refractivity contribution < 1.29 is 19.1 Å². The Morgan fingerprint density at radius 1 is 1.04 bits per heavy atom. The number of nitrogens with zero attached hydrogens (tertiary/aromatic N) is 1. The van der Waals surface area contributed by atoms with Gasteiger partial charge in [0.1, 0.15) is 5.75 Å². The molecule has 3 amide bonds. The number of likely N-dealkylation sites (tertiary alicyclic amines) is 1. The number of rotatable bonds is 6. The van der Waals surface area contributed by atoms with Crippen LogP contribution in [0.5, 0.6) is 5.75 Å². The Labute approximate surface area is 163 Å². The zero-order chi connectivity index (χ0) is 20.1. The van der Waals surface area contributed by atoms with Gasteiger partial charge in [0, 0.05) is 18.7 Å². The minimum Gasteiger partial charge on any atom is -0.484 e. The van der Waals surface area contributed by atoms with Crippen LogP contribution in [0, 0.1) is 5.92 Å². The van der Waals surface area contributed by atoms with Crippen molar-refractivity contribution in [1.29, 1.82) is 0 Å². The van der Waals surface area contributed by atoms with E-state index in [9.17, 15) is 14.4 Å². The first-order valence-corrected chi connectivity index (χ1v) is 9.14. The molecule has 3 rings (SSSR count). The Bertz CT molecular complexity index is 879. The molecule has 0 unspecified atom stereocenters. The molecule has 1 aliphatic rings. The molecule has 4 N–H and O–H groups in total. The number of primary amides is 2. The Kier molecular flexibility index (Phi) is 5.93. The van der Waals surface area contributed by atoms with Crippen molar-refractivity contribution in [3.8, 4) is 16.9 Å². The molecule has 0 spiro atoms. The standard InChI is InChI=1S/C21H23N3O4/c22-19(25)13-28-18-5-1-3-16(11-18)14-6-8-15(9-7-14)21(27)24-10-2-4-17(12-24)20(23)26/h1,3,5-9,11,17H,2,4,10,12-13H2,(H2,22,25)(H2,23,26)/t17-/m0/s1. The molecule has 1 atom stereocenters. The van der Waals surface area contributed by atoms with E-state index < -0.39 is 5.91 Å². The maximum Gasteiger partial charge on any atom is 0.255 e. The highest BCUT2D eigenvalue weighted by Gasteiger charge is 2.27. The fraction of sp³-hybridized carbons (Fsp3) is 0.286. The molecule has 0 saturated carbocycles. The van der Waals surface area contributed by atoms with Crippen molar-refractivity contribution in [3.05, 3.63) is 54.1 Å². The van der Waals surface area contributed by atoms with Crippen LogP contribution in [0.4, 0.5) is 0 Å². The molecule has 1 saturated heterocycles. The van der Waals surface area contributed by atoms with Crippen molar-refractivity contribution in [2.75, 3.05) is 19.7 Å². The molecule has 7 nitrogen and oxygen atoms in total. The smallest absolute Gasteiger partial charge is 0.255 e. The normalized spacial score (nSPS) is 16.4. The summed E-state index contributed by atoms with van der Waals surface area (Å²) in [4.78, 5) is 36.7. The van der Waals surface area contributed by atoms with Crippen LogP contribution in [0.15, 0.2) is 48.5 Å². The summed E-state index contributed by atoms with van der Waals surface area (Å²) in [5.74, 6) is -0.728. The van der Waals surface area contributed by atoms with E-state index in [0.29, 0.717) is 24.4 Å². The van der Waals surface area contributed by atoms with E-state index in [1.165, 1.54) is 0 Å². The highest BCUT2D eigenvalue weighted by atomic mass is 16.5. The fourth-order valence-corrected chi connectivity index (χ4v) is 3.30. The van der Waals surface area contributed by atoms with Crippen molar-refractivity contribution >= 4 is 17.7 Å². The number of nitrogens with two attached hydrogens (primary N) is 2. The number of amides is 3. The molecule has 7 heteroatoms. The van der Waals surface area contributed by atoms with Gasteiger partial charge in [0.05, 0.1) is 5.92 Å². The number of carbonyl (C=O) groups excluding carboxylic acids is 3. The topological polar surface area (TPSA) is 116 Å². The molecule has 1 heterocycles. The quantitative estimate of drug-likeness (QED) is 0.790. The third-order valence-electron chi connectivity index (χ3n) is 4.79. The van der Waals surface area contributed by atoms with Gasteiger partial charge in [-0.2, -0.15) is 0 Å². The largest absolute Gasteiger partial charge is 0.484 e. The fourth-order valence-electron chi connectivity index (χ4n) is 3.30. The van der Waals surface area contributed by atoms with E-state index in [2.05, 4.69) is 0 Å². The van der Waals surface area contributed by atoms with Crippen LogP contribution in [-0.2, 0) is 9.59 Å². The lowest BCUT2D eigenvalue weighted by Crippen LogP contribution is -2.44. The highest BCUT2D eigenvalue weighted by molar-refractivity contribution is 5.95. The second-order valence-corrected chi connectivity index (χ2v) is 6.85. The van der Waals surface area contributed by atoms with Crippen molar-refractivity contribution in [3.63, 3.8) is 0 Å². The number of carbonyl (C=O) groups is 3. The van der Waals surface area contributed by atoms with Gasteiger partial charge in [0.15, 0.2) is 6.61 Å². The lowest BCUT2D eigenvalue weighted by atomic mass is 9.96. The molecule has 0 radical (unpaired) electrons. The van der Waals surface area contributed by atoms with E-state index in [1.807, 2.05) is 30.3 Å². The Morgan fingerprint density at radius 3 is 2.46 bits per heavy atom. The molecule has 1 fully saturated rings. The summed E-state index contributed by atoms with van der Waals surface area (Å²) in [6.45, 7) is 0.817. The molecule has 146 valence electrons.